The van der Waals surface area contributed by atoms with E-state index in [1.807, 2.05) is 12.2 Å². The van der Waals surface area contributed by atoms with E-state index in [9.17, 15) is 0 Å². The molecule has 2 heteroatoms. The molecular weight excluding hydrogens is 298 g/mol. The molecule has 0 fully saturated rings. The van der Waals surface area contributed by atoms with Crippen LogP contribution in [0, 0.1) is 19.9 Å². The molecule has 0 unspecified atom stereocenters. The Morgan fingerprint density at radius 1 is 1.05 bits per heavy atom. The van der Waals surface area contributed by atoms with Gasteiger partial charge in [-0.25, -0.2) is 0 Å². The molecule has 0 saturated heterocycles. The number of aromatic nitrogens is 1. The summed E-state index contributed by atoms with van der Waals surface area (Å²) in [6.45, 7) is 4.23. The average molecular weight is 311 g/mol. The van der Waals surface area contributed by atoms with Gasteiger partial charge in [-0.2, -0.15) is 4.98 Å². The maximum atomic E-state index is 4.73. The van der Waals surface area contributed by atoms with Gasteiger partial charge in [-0.3, -0.25) is 0 Å². The monoisotopic (exact) mass is 310 g/mol. The van der Waals surface area contributed by atoms with Crippen LogP contribution >= 0.6 is 15.9 Å². The topological polar surface area (TPSA) is 12.9 Å². The third-order valence-corrected chi connectivity index (χ3v) is 3.79. The van der Waals surface area contributed by atoms with E-state index in [1.54, 1.807) is 0 Å². The van der Waals surface area contributed by atoms with Gasteiger partial charge in [-0.1, -0.05) is 17.2 Å². The van der Waals surface area contributed by atoms with Gasteiger partial charge in [0.15, 0.2) is 5.69 Å². The highest BCUT2D eigenvalue weighted by Gasteiger charge is 2.18. The van der Waals surface area contributed by atoms with Crippen LogP contribution in [0.2, 0.25) is 0 Å². The van der Waals surface area contributed by atoms with Gasteiger partial charge in [-0.05, 0) is 38.1 Å². The van der Waals surface area contributed by atoms with Crippen molar-refractivity contribution in [2.45, 2.75) is 13.8 Å². The van der Waals surface area contributed by atoms with E-state index in [-0.39, 0.29) is 0 Å². The Kier molecular flexibility index (Phi) is 3.06. The Hall–Kier alpha value is -1.76. The maximum absolute atomic E-state index is 4.73. The fraction of sp³-hybridized carbons (Fsp3) is 0.118. The minimum atomic E-state index is 0.964. The molecule has 2 aromatic rings. The molecule has 0 atom stereocenters. The number of hydrogen-bond donors (Lipinski definition) is 0. The number of nitrogens with zero attached hydrogens (tertiary/aromatic N) is 1. The van der Waals surface area contributed by atoms with Gasteiger partial charge in [0.1, 0.15) is 22.2 Å². The molecule has 0 radical (unpaired) electrons. The van der Waals surface area contributed by atoms with Crippen LogP contribution in [0.15, 0.2) is 36.4 Å². The zero-order chi connectivity index (χ0) is 13.4. The van der Waals surface area contributed by atoms with E-state index in [2.05, 4.69) is 66.2 Å². The first-order valence-corrected chi connectivity index (χ1v) is 6.98. The summed E-state index contributed by atoms with van der Waals surface area (Å²) in [5.74, 6) is 0. The SMILES string of the molecule is Cc1cc(C)cc(-c2ccc3c(n2)C=[C+]C=C3Br)c1. The Morgan fingerprint density at radius 3 is 2.53 bits per heavy atom. The summed E-state index contributed by atoms with van der Waals surface area (Å²) in [4.78, 5) is 4.73. The number of rotatable bonds is 1. The number of pyridine rings is 1. The zero-order valence-electron chi connectivity index (χ0n) is 10.9. The summed E-state index contributed by atoms with van der Waals surface area (Å²) in [5.41, 5.74) is 6.78. The fourth-order valence-electron chi connectivity index (χ4n) is 2.34. The van der Waals surface area contributed by atoms with Crippen molar-refractivity contribution in [1.29, 1.82) is 0 Å². The Morgan fingerprint density at radius 2 is 1.79 bits per heavy atom. The molecule has 1 aliphatic carbocycles. The summed E-state index contributed by atoms with van der Waals surface area (Å²) in [7, 11) is 0. The number of fused-ring (bicyclic) bond motifs is 1. The van der Waals surface area contributed by atoms with Crippen LogP contribution in [0.5, 0.6) is 0 Å². The van der Waals surface area contributed by atoms with Crippen molar-refractivity contribution in [3.05, 3.63) is 64.9 Å². The Labute approximate surface area is 121 Å². The van der Waals surface area contributed by atoms with Gasteiger partial charge < -0.3 is 0 Å². The lowest BCUT2D eigenvalue weighted by Gasteiger charge is -2.06. The zero-order valence-corrected chi connectivity index (χ0v) is 12.5. The molecule has 1 nitrogen and oxygen atoms in total. The highest BCUT2D eigenvalue weighted by molar-refractivity contribution is 9.15. The molecule has 0 amide bonds. The largest absolute Gasteiger partial charge is 0.185 e. The van der Waals surface area contributed by atoms with Crippen LogP contribution in [0.4, 0.5) is 0 Å². The first-order chi connectivity index (χ1) is 9.13. The minimum absolute atomic E-state index is 0.964. The fourth-order valence-corrected chi connectivity index (χ4v) is 2.81. The molecule has 1 aromatic carbocycles. The van der Waals surface area contributed by atoms with Gasteiger partial charge in [0.25, 0.3) is 0 Å². The standard InChI is InChI=1S/C17H13BrN/c1-11-8-12(2)10-13(9-11)16-7-6-14-15(18)4-3-5-17(14)19-16/h4-10H,1-2H3/q+1. The third kappa shape index (κ3) is 2.37. The molecular formula is C17H13BrN+. The van der Waals surface area contributed by atoms with Gasteiger partial charge >= 0.3 is 0 Å². The highest BCUT2D eigenvalue weighted by atomic mass is 79.9. The van der Waals surface area contributed by atoms with Crippen molar-refractivity contribution < 1.29 is 0 Å². The molecule has 0 spiro atoms. The van der Waals surface area contributed by atoms with Crippen LogP contribution in [0.25, 0.3) is 21.8 Å². The van der Waals surface area contributed by atoms with Crippen molar-refractivity contribution in [2.75, 3.05) is 0 Å². The normalized spacial score (nSPS) is 12.7. The summed E-state index contributed by atoms with van der Waals surface area (Å²) in [5, 5.41) is 0. The maximum Gasteiger partial charge on any atom is 0.185 e. The molecule has 0 bridgehead atoms. The van der Waals surface area contributed by atoms with E-state index < -0.39 is 0 Å². The van der Waals surface area contributed by atoms with Crippen LogP contribution in [0.3, 0.4) is 0 Å². The second-order valence-corrected chi connectivity index (χ2v) is 5.66. The second kappa shape index (κ2) is 4.73. The number of benzene rings is 1. The minimum Gasteiger partial charge on any atom is -0.181 e. The summed E-state index contributed by atoms with van der Waals surface area (Å²) < 4.78 is 1.03. The molecule has 1 aromatic heterocycles. The van der Waals surface area contributed by atoms with Gasteiger partial charge in [0.05, 0.1) is 5.69 Å². The van der Waals surface area contributed by atoms with E-state index in [1.165, 1.54) is 16.7 Å². The van der Waals surface area contributed by atoms with Gasteiger partial charge in [-0.15, -0.1) is 0 Å². The predicted octanol–water partition coefficient (Wildman–Crippen LogP) is 4.93. The van der Waals surface area contributed by atoms with E-state index in [0.29, 0.717) is 0 Å². The van der Waals surface area contributed by atoms with Gasteiger partial charge in [0, 0.05) is 27.6 Å². The molecule has 92 valence electrons. The first-order valence-electron chi connectivity index (χ1n) is 6.18. The number of allylic oxidation sites excluding steroid dienone is 2. The van der Waals surface area contributed by atoms with Crippen LogP contribution in [-0.4, -0.2) is 4.98 Å². The number of hydrogen-bond acceptors (Lipinski definition) is 1. The lowest BCUT2D eigenvalue weighted by Crippen LogP contribution is -1.95. The van der Waals surface area contributed by atoms with Gasteiger partial charge in [0.2, 0.25) is 0 Å². The molecule has 0 saturated carbocycles. The van der Waals surface area contributed by atoms with Crippen molar-refractivity contribution in [3.8, 4) is 11.3 Å². The van der Waals surface area contributed by atoms with Crippen molar-refractivity contribution in [3.63, 3.8) is 0 Å². The van der Waals surface area contributed by atoms with E-state index in [4.69, 9.17) is 4.98 Å². The van der Waals surface area contributed by atoms with Crippen molar-refractivity contribution in [1.82, 2.24) is 4.98 Å². The summed E-state index contributed by atoms with van der Waals surface area (Å²) in [6.07, 6.45) is 6.94. The van der Waals surface area contributed by atoms with Crippen molar-refractivity contribution >= 4 is 26.5 Å². The van der Waals surface area contributed by atoms with E-state index in [0.717, 1.165) is 21.4 Å². The Bertz CT molecular complexity index is 691. The number of aryl methyl sites for hydroxylation is 2. The molecule has 1 heterocycles. The van der Waals surface area contributed by atoms with Crippen LogP contribution in [0.1, 0.15) is 22.4 Å². The molecule has 3 rings (SSSR count). The lowest BCUT2D eigenvalue weighted by molar-refractivity contribution is 1.26. The molecule has 0 N–H and O–H groups in total. The molecule has 0 aliphatic heterocycles. The second-order valence-electron chi connectivity index (χ2n) is 4.81. The summed E-state index contributed by atoms with van der Waals surface area (Å²) >= 11 is 3.53. The number of halogens is 1. The van der Waals surface area contributed by atoms with Crippen LogP contribution in [-0.2, 0) is 0 Å². The average Bonchev–Trinajstić information content (AvgIpc) is 2.37. The quantitative estimate of drug-likeness (QED) is 0.680. The highest BCUT2D eigenvalue weighted by Crippen LogP contribution is 2.30. The third-order valence-electron chi connectivity index (χ3n) is 3.13. The molecule has 19 heavy (non-hydrogen) atoms. The predicted molar refractivity (Wildman–Crippen MR) is 83.8 cm³/mol. The van der Waals surface area contributed by atoms with Crippen molar-refractivity contribution in [2.24, 2.45) is 0 Å². The smallest absolute Gasteiger partial charge is 0.181 e. The first kappa shape index (κ1) is 12.3. The molecule has 1 aliphatic rings. The van der Waals surface area contributed by atoms with Crippen LogP contribution < -0.4 is 0 Å². The Balaban J connectivity index is 2.12. The van der Waals surface area contributed by atoms with E-state index >= 15 is 0 Å². The summed E-state index contributed by atoms with van der Waals surface area (Å²) in [6, 6.07) is 10.7. The lowest BCUT2D eigenvalue weighted by atomic mass is 10.0.